The van der Waals surface area contributed by atoms with Crippen LogP contribution in [0.3, 0.4) is 0 Å². The highest BCUT2D eigenvalue weighted by molar-refractivity contribution is 7.99. The van der Waals surface area contributed by atoms with Gasteiger partial charge in [-0.25, -0.2) is 0 Å². The van der Waals surface area contributed by atoms with Crippen molar-refractivity contribution in [2.45, 2.75) is 24.7 Å². The lowest BCUT2D eigenvalue weighted by molar-refractivity contribution is 0.0823. The SMILES string of the molecule is CCCSc1nnc2c(n1)OC(C(=O)c1ccccc1)Nc1ccccc1-2. The van der Waals surface area contributed by atoms with Crippen LogP contribution in [0.4, 0.5) is 5.69 Å². The van der Waals surface area contributed by atoms with Gasteiger partial charge in [-0.15, -0.1) is 10.2 Å². The number of ketones is 1. The number of nitrogens with one attached hydrogen (secondary N) is 1. The number of fused-ring (bicyclic) bond motifs is 3. The molecule has 136 valence electrons. The maximum Gasteiger partial charge on any atom is 0.247 e. The zero-order chi connectivity index (χ0) is 18.6. The van der Waals surface area contributed by atoms with Crippen molar-refractivity contribution >= 4 is 23.2 Å². The number of thioether (sulfide) groups is 1. The fourth-order valence-electron chi connectivity index (χ4n) is 2.77. The lowest BCUT2D eigenvalue weighted by Crippen LogP contribution is -2.35. The van der Waals surface area contributed by atoms with Crippen LogP contribution in [0.15, 0.2) is 59.8 Å². The number of carbonyl (C=O) groups excluding carboxylic acids is 1. The van der Waals surface area contributed by atoms with Crippen LogP contribution in [-0.4, -0.2) is 32.9 Å². The fraction of sp³-hybridized carbons (Fsp3) is 0.200. The second kappa shape index (κ2) is 7.75. The van der Waals surface area contributed by atoms with E-state index in [0.29, 0.717) is 22.3 Å². The highest BCUT2D eigenvalue weighted by Gasteiger charge is 2.29. The molecule has 0 amide bonds. The average molecular weight is 378 g/mol. The predicted octanol–water partition coefficient (Wildman–Crippen LogP) is 4.05. The van der Waals surface area contributed by atoms with Gasteiger partial charge in [0.05, 0.1) is 0 Å². The first-order valence-electron chi connectivity index (χ1n) is 8.75. The van der Waals surface area contributed by atoms with Crippen LogP contribution >= 0.6 is 11.8 Å². The minimum absolute atomic E-state index is 0.167. The van der Waals surface area contributed by atoms with Gasteiger partial charge in [-0.05, 0) is 12.5 Å². The summed E-state index contributed by atoms with van der Waals surface area (Å²) in [6.07, 6.45) is 0.112. The monoisotopic (exact) mass is 378 g/mol. The largest absolute Gasteiger partial charge is 0.444 e. The number of rotatable bonds is 5. The summed E-state index contributed by atoms with van der Waals surface area (Å²) in [7, 11) is 0. The van der Waals surface area contributed by atoms with Gasteiger partial charge in [-0.3, -0.25) is 4.79 Å². The van der Waals surface area contributed by atoms with Gasteiger partial charge < -0.3 is 10.1 Å². The molecule has 7 heteroatoms. The van der Waals surface area contributed by atoms with E-state index in [1.165, 1.54) is 11.8 Å². The molecule has 0 fully saturated rings. The molecular formula is C20H18N4O2S. The van der Waals surface area contributed by atoms with Gasteiger partial charge in [-0.1, -0.05) is 67.2 Å². The molecule has 1 N–H and O–H groups in total. The number of hydrogen-bond acceptors (Lipinski definition) is 7. The van der Waals surface area contributed by atoms with E-state index in [-0.39, 0.29) is 5.78 Å². The van der Waals surface area contributed by atoms with Crippen molar-refractivity contribution in [3.63, 3.8) is 0 Å². The van der Waals surface area contributed by atoms with Crippen molar-refractivity contribution in [1.82, 2.24) is 15.2 Å². The molecule has 1 unspecified atom stereocenters. The van der Waals surface area contributed by atoms with Gasteiger partial charge in [0.25, 0.3) is 0 Å². The number of anilines is 1. The van der Waals surface area contributed by atoms with Crippen molar-refractivity contribution in [3.8, 4) is 17.1 Å². The van der Waals surface area contributed by atoms with Crippen LogP contribution in [0.2, 0.25) is 0 Å². The smallest absolute Gasteiger partial charge is 0.247 e. The quantitative estimate of drug-likeness (QED) is 0.530. The molecule has 2 aromatic carbocycles. The van der Waals surface area contributed by atoms with Gasteiger partial charge in [0.2, 0.25) is 23.0 Å². The van der Waals surface area contributed by atoms with Gasteiger partial charge >= 0.3 is 0 Å². The number of aromatic nitrogens is 3. The molecule has 0 bridgehead atoms. The Bertz CT molecular complexity index is 965. The Hall–Kier alpha value is -2.93. The molecule has 1 atom stereocenters. The molecule has 0 radical (unpaired) electrons. The molecule has 0 saturated heterocycles. The highest BCUT2D eigenvalue weighted by Crippen LogP contribution is 2.36. The van der Waals surface area contributed by atoms with Crippen LogP contribution in [0.25, 0.3) is 11.3 Å². The Morgan fingerprint density at radius 3 is 2.70 bits per heavy atom. The van der Waals surface area contributed by atoms with Crippen LogP contribution in [-0.2, 0) is 0 Å². The van der Waals surface area contributed by atoms with E-state index in [0.717, 1.165) is 23.4 Å². The van der Waals surface area contributed by atoms with Gasteiger partial charge in [0.15, 0.2) is 5.69 Å². The third kappa shape index (κ3) is 3.64. The molecule has 0 saturated carbocycles. The normalized spacial score (nSPS) is 14.9. The number of nitrogens with zero attached hydrogens (tertiary/aromatic N) is 3. The van der Waals surface area contributed by atoms with E-state index in [1.54, 1.807) is 12.1 Å². The predicted molar refractivity (Wildman–Crippen MR) is 105 cm³/mol. The maximum absolute atomic E-state index is 13.0. The minimum atomic E-state index is -0.893. The lowest BCUT2D eigenvalue weighted by Gasteiger charge is -2.17. The van der Waals surface area contributed by atoms with E-state index in [1.807, 2.05) is 42.5 Å². The first-order valence-corrected chi connectivity index (χ1v) is 9.74. The molecule has 0 spiro atoms. The topological polar surface area (TPSA) is 77.0 Å². The van der Waals surface area contributed by atoms with E-state index >= 15 is 0 Å². The number of benzene rings is 2. The number of carbonyl (C=O) groups is 1. The fourth-order valence-corrected chi connectivity index (χ4v) is 3.41. The summed E-state index contributed by atoms with van der Waals surface area (Å²) < 4.78 is 5.99. The Labute approximate surface area is 161 Å². The first-order chi connectivity index (χ1) is 13.3. The summed E-state index contributed by atoms with van der Waals surface area (Å²) in [6, 6.07) is 16.7. The Morgan fingerprint density at radius 1 is 1.11 bits per heavy atom. The third-order valence-electron chi connectivity index (χ3n) is 4.07. The standard InChI is InChI=1S/C20H18N4O2S/c1-2-12-27-20-22-18-16(23-24-20)14-10-6-7-11-15(14)21-19(26-18)17(25)13-8-4-3-5-9-13/h3-11,19,21H,2,12H2,1H3. The summed E-state index contributed by atoms with van der Waals surface area (Å²) >= 11 is 1.52. The highest BCUT2D eigenvalue weighted by atomic mass is 32.2. The summed E-state index contributed by atoms with van der Waals surface area (Å²) in [5, 5.41) is 12.3. The molecular weight excluding hydrogens is 360 g/mol. The van der Waals surface area contributed by atoms with Crippen LogP contribution in [0, 0.1) is 0 Å². The summed E-state index contributed by atoms with van der Waals surface area (Å²) in [6.45, 7) is 2.09. The number of Topliss-reactive ketones (excluding diaryl/α,β-unsaturated/α-hetero) is 1. The maximum atomic E-state index is 13.0. The van der Waals surface area contributed by atoms with Crippen molar-refractivity contribution in [1.29, 1.82) is 0 Å². The number of para-hydroxylation sites is 1. The van der Waals surface area contributed by atoms with Crippen molar-refractivity contribution < 1.29 is 9.53 Å². The second-order valence-electron chi connectivity index (χ2n) is 6.01. The number of ether oxygens (including phenoxy) is 1. The molecule has 2 heterocycles. The van der Waals surface area contributed by atoms with E-state index < -0.39 is 6.23 Å². The molecule has 0 aliphatic carbocycles. The lowest BCUT2D eigenvalue weighted by atomic mass is 10.1. The van der Waals surface area contributed by atoms with Crippen molar-refractivity contribution in [3.05, 3.63) is 60.2 Å². The van der Waals surface area contributed by atoms with Crippen LogP contribution in [0.5, 0.6) is 5.88 Å². The zero-order valence-electron chi connectivity index (χ0n) is 14.8. The van der Waals surface area contributed by atoms with Gasteiger partial charge in [0.1, 0.15) is 0 Å². The molecule has 1 aliphatic heterocycles. The van der Waals surface area contributed by atoms with Crippen molar-refractivity contribution in [2.75, 3.05) is 11.1 Å². The van der Waals surface area contributed by atoms with E-state index in [2.05, 4.69) is 27.4 Å². The molecule has 27 heavy (non-hydrogen) atoms. The van der Waals surface area contributed by atoms with Gasteiger partial charge in [-0.2, -0.15) is 4.98 Å². The van der Waals surface area contributed by atoms with E-state index in [4.69, 9.17) is 4.74 Å². The summed E-state index contributed by atoms with van der Waals surface area (Å²) in [5.41, 5.74) is 2.67. The Morgan fingerprint density at radius 2 is 1.89 bits per heavy atom. The second-order valence-corrected chi connectivity index (χ2v) is 7.08. The molecule has 3 aromatic rings. The van der Waals surface area contributed by atoms with Crippen LogP contribution in [0.1, 0.15) is 23.7 Å². The molecule has 1 aromatic heterocycles. The molecule has 4 rings (SSSR count). The van der Waals surface area contributed by atoms with E-state index in [9.17, 15) is 4.79 Å². The summed E-state index contributed by atoms with van der Waals surface area (Å²) in [4.78, 5) is 17.5. The first kappa shape index (κ1) is 17.5. The minimum Gasteiger partial charge on any atom is -0.444 e. The Kier molecular flexibility index (Phi) is 5.02. The zero-order valence-corrected chi connectivity index (χ0v) is 15.6. The van der Waals surface area contributed by atoms with Crippen molar-refractivity contribution in [2.24, 2.45) is 0 Å². The number of hydrogen-bond donors (Lipinski definition) is 1. The average Bonchev–Trinajstić information content (AvgIpc) is 2.88. The van der Waals surface area contributed by atoms with Crippen LogP contribution < -0.4 is 10.1 Å². The molecule has 1 aliphatic rings. The third-order valence-corrected chi connectivity index (χ3v) is 5.11. The Balaban J connectivity index is 1.75. The summed E-state index contributed by atoms with van der Waals surface area (Å²) in [5.74, 6) is 1.04. The molecule has 6 nitrogen and oxygen atoms in total. The van der Waals surface area contributed by atoms with Gasteiger partial charge in [0, 0.05) is 22.6 Å².